The number of halogens is 1. The predicted molar refractivity (Wildman–Crippen MR) is 142 cm³/mol. The molecule has 1 amide bonds. The van der Waals surface area contributed by atoms with Gasteiger partial charge in [0.15, 0.2) is 0 Å². The lowest BCUT2D eigenvalue weighted by Gasteiger charge is -2.21. The van der Waals surface area contributed by atoms with Crippen molar-refractivity contribution < 1.29 is 13.2 Å². The quantitative estimate of drug-likeness (QED) is 0.259. The fourth-order valence-electron chi connectivity index (χ4n) is 3.69. The van der Waals surface area contributed by atoms with Crippen LogP contribution in [-0.4, -0.2) is 37.9 Å². The van der Waals surface area contributed by atoms with Crippen molar-refractivity contribution >= 4 is 50.4 Å². The second-order valence-corrected chi connectivity index (χ2v) is 11.1. The number of amides is 1. The summed E-state index contributed by atoms with van der Waals surface area (Å²) < 4.78 is 28.6. The largest absolute Gasteiger partial charge is 0.318 e. The number of sulfonamides is 1. The van der Waals surface area contributed by atoms with Crippen LogP contribution in [0, 0.1) is 31.3 Å². The van der Waals surface area contributed by atoms with E-state index in [1.807, 2.05) is 19.9 Å². The number of carbonyl (C=O) groups excluding carboxylic acids is 1. The highest BCUT2D eigenvalue weighted by atomic mass is 127. The minimum Gasteiger partial charge on any atom is -0.318 e. The van der Waals surface area contributed by atoms with Crippen molar-refractivity contribution in [3.63, 3.8) is 0 Å². The van der Waals surface area contributed by atoms with Crippen LogP contribution in [-0.2, 0) is 14.8 Å². The zero-order chi connectivity index (χ0) is 24.3. The Hall–Kier alpha value is -2.66. The van der Waals surface area contributed by atoms with Crippen molar-refractivity contribution in [3.05, 3.63) is 80.2 Å². The topological polar surface area (TPSA) is 83.8 Å². The van der Waals surface area contributed by atoms with E-state index in [2.05, 4.69) is 69.7 Å². The molecule has 174 valence electrons. The van der Waals surface area contributed by atoms with Gasteiger partial charge >= 0.3 is 0 Å². The number of hydrogen-bond donors (Lipinski definition) is 1. The Morgan fingerprint density at radius 2 is 1.76 bits per heavy atom. The number of hydrazone groups is 1. The molecule has 1 heterocycles. The number of benzene rings is 2. The number of carbonyl (C=O) groups is 1. The minimum atomic E-state index is -3.64. The first kappa shape index (κ1) is 25.0. The summed E-state index contributed by atoms with van der Waals surface area (Å²) in [5.41, 5.74) is 9.25. The molecular formula is C24H27IN4O3S. The van der Waals surface area contributed by atoms with Gasteiger partial charge in [-0.15, -0.1) is 0 Å². The molecule has 0 fully saturated rings. The molecule has 7 nitrogen and oxygen atoms in total. The predicted octanol–water partition coefficient (Wildman–Crippen LogP) is 4.23. The average Bonchev–Trinajstić information content (AvgIpc) is 3.00. The molecule has 0 spiro atoms. The van der Waals surface area contributed by atoms with Crippen LogP contribution in [0.25, 0.3) is 5.69 Å². The van der Waals surface area contributed by atoms with E-state index in [4.69, 9.17) is 0 Å². The standard InChI is InChI=1S/C24H27IN4O3S/c1-16-6-11-23(17(2)12-16)29-18(3)13-20(19(29)4)14-26-27-24(30)15-28(33(5,31)32)22-9-7-21(25)8-10-22/h6-14H,15H2,1-5H3,(H,27,30)/b26-14-. The molecule has 1 N–H and O–H groups in total. The normalized spacial score (nSPS) is 11.7. The van der Waals surface area contributed by atoms with Gasteiger partial charge < -0.3 is 4.57 Å². The minimum absolute atomic E-state index is 0.363. The highest BCUT2D eigenvalue weighted by Gasteiger charge is 2.20. The lowest BCUT2D eigenvalue weighted by molar-refractivity contribution is -0.119. The lowest BCUT2D eigenvalue weighted by Crippen LogP contribution is -2.39. The SMILES string of the molecule is Cc1ccc(-n2c(C)cc(/C=N\NC(=O)CN(c3ccc(I)cc3)S(C)(=O)=O)c2C)c(C)c1. The Morgan fingerprint density at radius 3 is 2.36 bits per heavy atom. The van der Waals surface area contributed by atoms with Crippen LogP contribution in [0.1, 0.15) is 28.1 Å². The van der Waals surface area contributed by atoms with E-state index in [9.17, 15) is 13.2 Å². The smallest absolute Gasteiger partial charge is 0.260 e. The van der Waals surface area contributed by atoms with E-state index >= 15 is 0 Å². The molecule has 0 saturated heterocycles. The van der Waals surface area contributed by atoms with Gasteiger partial charge in [0.1, 0.15) is 6.54 Å². The summed E-state index contributed by atoms with van der Waals surface area (Å²) in [5.74, 6) is -0.529. The second-order valence-electron chi connectivity index (χ2n) is 7.99. The molecule has 3 aromatic rings. The maximum absolute atomic E-state index is 12.4. The first-order valence-corrected chi connectivity index (χ1v) is 13.2. The van der Waals surface area contributed by atoms with Crippen molar-refractivity contribution in [1.82, 2.24) is 9.99 Å². The molecule has 1 aromatic heterocycles. The van der Waals surface area contributed by atoms with E-state index in [1.54, 1.807) is 30.5 Å². The highest BCUT2D eigenvalue weighted by Crippen LogP contribution is 2.23. The van der Waals surface area contributed by atoms with Gasteiger partial charge in [0.2, 0.25) is 10.0 Å². The molecule has 0 atom stereocenters. The van der Waals surface area contributed by atoms with Crippen LogP contribution >= 0.6 is 22.6 Å². The van der Waals surface area contributed by atoms with Gasteiger partial charge in [-0.1, -0.05) is 17.7 Å². The Morgan fingerprint density at radius 1 is 1.09 bits per heavy atom. The van der Waals surface area contributed by atoms with E-state index < -0.39 is 15.9 Å². The van der Waals surface area contributed by atoms with Crippen molar-refractivity contribution in [2.75, 3.05) is 17.1 Å². The van der Waals surface area contributed by atoms with Crippen LogP contribution in [0.15, 0.2) is 53.6 Å². The van der Waals surface area contributed by atoms with Gasteiger partial charge in [0.25, 0.3) is 5.91 Å². The van der Waals surface area contributed by atoms with Crippen molar-refractivity contribution in [2.45, 2.75) is 27.7 Å². The summed E-state index contributed by atoms with van der Waals surface area (Å²) in [6, 6.07) is 15.2. The van der Waals surface area contributed by atoms with Crippen molar-refractivity contribution in [2.24, 2.45) is 5.10 Å². The van der Waals surface area contributed by atoms with Crippen LogP contribution < -0.4 is 9.73 Å². The number of nitrogens with zero attached hydrogens (tertiary/aromatic N) is 3. The van der Waals surface area contributed by atoms with E-state index in [-0.39, 0.29) is 6.54 Å². The van der Waals surface area contributed by atoms with E-state index in [0.29, 0.717) is 5.69 Å². The van der Waals surface area contributed by atoms with Crippen LogP contribution in [0.4, 0.5) is 5.69 Å². The molecule has 0 aliphatic heterocycles. The molecule has 9 heteroatoms. The second kappa shape index (κ2) is 10.1. The average molecular weight is 578 g/mol. The third kappa shape index (κ3) is 6.02. The first-order chi connectivity index (χ1) is 15.5. The van der Waals surface area contributed by atoms with Gasteiger partial charge in [-0.25, -0.2) is 13.8 Å². The third-order valence-corrected chi connectivity index (χ3v) is 7.12. The number of nitrogens with one attached hydrogen (secondary N) is 1. The lowest BCUT2D eigenvalue weighted by atomic mass is 10.1. The molecule has 0 bridgehead atoms. The first-order valence-electron chi connectivity index (χ1n) is 10.3. The highest BCUT2D eigenvalue weighted by molar-refractivity contribution is 14.1. The Kier molecular flexibility index (Phi) is 7.63. The fraction of sp³-hybridized carbons (Fsp3) is 0.250. The van der Waals surface area contributed by atoms with E-state index in [0.717, 1.165) is 36.8 Å². The zero-order valence-electron chi connectivity index (χ0n) is 19.3. The third-order valence-electron chi connectivity index (χ3n) is 5.26. The molecule has 0 saturated carbocycles. The molecule has 0 aliphatic rings. The summed E-state index contributed by atoms with van der Waals surface area (Å²) in [6.07, 6.45) is 2.65. The maximum atomic E-state index is 12.4. The van der Waals surface area contributed by atoms with E-state index in [1.165, 1.54) is 11.1 Å². The number of aryl methyl sites for hydroxylation is 3. The van der Waals surface area contributed by atoms with Gasteiger partial charge in [-0.3, -0.25) is 9.10 Å². The summed E-state index contributed by atoms with van der Waals surface area (Å²) in [5, 5.41) is 4.07. The molecule has 0 radical (unpaired) electrons. The number of anilines is 1. The zero-order valence-corrected chi connectivity index (χ0v) is 22.2. The van der Waals surface area contributed by atoms with Crippen molar-refractivity contribution in [1.29, 1.82) is 0 Å². The number of hydrogen-bond acceptors (Lipinski definition) is 4. The molecule has 0 aliphatic carbocycles. The Balaban J connectivity index is 1.75. The Labute approximate surface area is 208 Å². The summed E-state index contributed by atoms with van der Waals surface area (Å²) in [4.78, 5) is 12.4. The van der Waals surface area contributed by atoms with Crippen LogP contribution in [0.3, 0.4) is 0 Å². The Bertz CT molecular complexity index is 1310. The fourth-order valence-corrected chi connectivity index (χ4v) is 4.91. The monoisotopic (exact) mass is 578 g/mol. The summed E-state index contributed by atoms with van der Waals surface area (Å²) in [6.45, 7) is 7.80. The van der Waals surface area contributed by atoms with Crippen LogP contribution in [0.2, 0.25) is 0 Å². The molecule has 33 heavy (non-hydrogen) atoms. The van der Waals surface area contributed by atoms with Crippen LogP contribution in [0.5, 0.6) is 0 Å². The molecular weight excluding hydrogens is 551 g/mol. The van der Waals surface area contributed by atoms with Gasteiger partial charge in [0.05, 0.1) is 18.2 Å². The molecule has 3 rings (SSSR count). The van der Waals surface area contributed by atoms with Gasteiger partial charge in [0, 0.05) is 26.2 Å². The summed E-state index contributed by atoms with van der Waals surface area (Å²) >= 11 is 2.14. The maximum Gasteiger partial charge on any atom is 0.260 e. The van der Waals surface area contributed by atoms with Gasteiger partial charge in [-0.2, -0.15) is 5.10 Å². The molecule has 2 aromatic carbocycles. The number of rotatable bonds is 7. The van der Waals surface area contributed by atoms with Crippen molar-refractivity contribution in [3.8, 4) is 5.69 Å². The summed E-state index contributed by atoms with van der Waals surface area (Å²) in [7, 11) is -3.64. The number of aromatic nitrogens is 1. The van der Waals surface area contributed by atoms with Gasteiger partial charge in [-0.05, 0) is 92.2 Å². The molecule has 0 unspecified atom stereocenters.